The second kappa shape index (κ2) is 8.74. The van der Waals surface area contributed by atoms with Crippen LogP contribution < -0.4 is 5.32 Å². The van der Waals surface area contributed by atoms with Crippen molar-refractivity contribution in [2.75, 3.05) is 19.6 Å². The molecule has 0 radical (unpaired) electrons. The third-order valence-electron chi connectivity index (χ3n) is 4.37. The molecule has 1 aliphatic heterocycles. The molecule has 1 atom stereocenters. The highest BCUT2D eigenvalue weighted by Crippen LogP contribution is 2.16. The van der Waals surface area contributed by atoms with Crippen molar-refractivity contribution < 1.29 is 4.79 Å². The average molecular weight is 300 g/mol. The standard InChI is InChI=1S/C19H28N2O/c1-16-7-9-18(10-8-16)11-12-19(22)20-13-5-15-21-14-4-3-6-17(21)2/h7-12,17H,3-6,13-15H2,1-2H3,(H,20,22)/b12-11+/t17-/m0/s1. The zero-order valence-corrected chi connectivity index (χ0v) is 13.8. The monoisotopic (exact) mass is 300 g/mol. The summed E-state index contributed by atoms with van der Waals surface area (Å²) >= 11 is 0. The third-order valence-corrected chi connectivity index (χ3v) is 4.37. The number of carbonyl (C=O) groups excluding carboxylic acids is 1. The van der Waals surface area contributed by atoms with E-state index >= 15 is 0 Å². The Hall–Kier alpha value is -1.61. The Balaban J connectivity index is 1.64. The maximum absolute atomic E-state index is 11.8. The first-order valence-electron chi connectivity index (χ1n) is 8.42. The average Bonchev–Trinajstić information content (AvgIpc) is 2.52. The number of hydrogen-bond acceptors (Lipinski definition) is 2. The molecule has 1 amide bonds. The zero-order chi connectivity index (χ0) is 15.8. The van der Waals surface area contributed by atoms with E-state index in [2.05, 4.69) is 36.2 Å². The van der Waals surface area contributed by atoms with Crippen molar-refractivity contribution in [3.05, 3.63) is 41.5 Å². The number of benzene rings is 1. The lowest BCUT2D eigenvalue weighted by Gasteiger charge is -2.33. The molecule has 120 valence electrons. The van der Waals surface area contributed by atoms with E-state index in [1.807, 2.05) is 18.2 Å². The molecule has 2 rings (SSSR count). The lowest BCUT2D eigenvalue weighted by atomic mass is 10.0. The third kappa shape index (κ3) is 5.64. The van der Waals surface area contributed by atoms with E-state index in [-0.39, 0.29) is 5.91 Å². The molecule has 0 aromatic heterocycles. The molecule has 1 fully saturated rings. The Labute approximate surface area is 134 Å². The Morgan fingerprint density at radius 3 is 2.82 bits per heavy atom. The van der Waals surface area contributed by atoms with Crippen molar-refractivity contribution in [1.82, 2.24) is 10.2 Å². The summed E-state index contributed by atoms with van der Waals surface area (Å²) in [6.07, 6.45) is 8.49. The van der Waals surface area contributed by atoms with Crippen LogP contribution in [0.4, 0.5) is 0 Å². The molecule has 1 N–H and O–H groups in total. The molecular weight excluding hydrogens is 272 g/mol. The van der Waals surface area contributed by atoms with E-state index in [9.17, 15) is 4.79 Å². The molecular formula is C19H28N2O. The maximum atomic E-state index is 11.8. The quantitative estimate of drug-likeness (QED) is 0.645. The molecule has 22 heavy (non-hydrogen) atoms. The smallest absolute Gasteiger partial charge is 0.243 e. The molecule has 1 aromatic rings. The van der Waals surface area contributed by atoms with Gasteiger partial charge in [0.25, 0.3) is 0 Å². The number of nitrogens with zero attached hydrogens (tertiary/aromatic N) is 1. The van der Waals surface area contributed by atoms with E-state index in [1.54, 1.807) is 6.08 Å². The summed E-state index contributed by atoms with van der Waals surface area (Å²) < 4.78 is 0. The number of hydrogen-bond donors (Lipinski definition) is 1. The number of amides is 1. The Bertz CT molecular complexity index is 493. The summed E-state index contributed by atoms with van der Waals surface area (Å²) in [5, 5.41) is 2.97. The molecule has 1 aliphatic rings. The minimum absolute atomic E-state index is 0.00716. The second-order valence-corrected chi connectivity index (χ2v) is 6.27. The first-order chi connectivity index (χ1) is 10.6. The molecule has 0 spiro atoms. The van der Waals surface area contributed by atoms with Gasteiger partial charge in [-0.25, -0.2) is 0 Å². The first kappa shape index (κ1) is 16.8. The van der Waals surface area contributed by atoms with E-state index in [0.717, 1.165) is 25.1 Å². The van der Waals surface area contributed by atoms with Gasteiger partial charge in [-0.1, -0.05) is 36.2 Å². The van der Waals surface area contributed by atoms with Crippen molar-refractivity contribution >= 4 is 12.0 Å². The van der Waals surface area contributed by atoms with Crippen LogP contribution in [0.2, 0.25) is 0 Å². The van der Waals surface area contributed by atoms with Gasteiger partial charge in [0.15, 0.2) is 0 Å². The number of piperidine rings is 1. The number of likely N-dealkylation sites (tertiary alicyclic amines) is 1. The fraction of sp³-hybridized carbons (Fsp3) is 0.526. The van der Waals surface area contributed by atoms with Gasteiger partial charge >= 0.3 is 0 Å². The Kier molecular flexibility index (Phi) is 6.66. The lowest BCUT2D eigenvalue weighted by molar-refractivity contribution is -0.116. The molecule has 1 heterocycles. The summed E-state index contributed by atoms with van der Waals surface area (Å²) in [5.41, 5.74) is 2.29. The molecule has 0 unspecified atom stereocenters. The van der Waals surface area contributed by atoms with Crippen LogP contribution in [0.25, 0.3) is 6.08 Å². The van der Waals surface area contributed by atoms with E-state index in [4.69, 9.17) is 0 Å². The van der Waals surface area contributed by atoms with Gasteiger partial charge in [0.1, 0.15) is 0 Å². The summed E-state index contributed by atoms with van der Waals surface area (Å²) in [5.74, 6) is -0.00716. The molecule has 1 saturated heterocycles. The number of aryl methyl sites for hydroxylation is 1. The van der Waals surface area contributed by atoms with Crippen LogP contribution in [0.5, 0.6) is 0 Å². The summed E-state index contributed by atoms with van der Waals surface area (Å²) in [6.45, 7) is 7.41. The largest absolute Gasteiger partial charge is 0.353 e. The van der Waals surface area contributed by atoms with Gasteiger partial charge in [0.2, 0.25) is 5.91 Å². The van der Waals surface area contributed by atoms with Crippen molar-refractivity contribution in [3.63, 3.8) is 0 Å². The van der Waals surface area contributed by atoms with Crippen LogP contribution in [-0.4, -0.2) is 36.5 Å². The minimum Gasteiger partial charge on any atom is -0.353 e. The first-order valence-corrected chi connectivity index (χ1v) is 8.42. The lowest BCUT2D eigenvalue weighted by Crippen LogP contribution is -2.39. The van der Waals surface area contributed by atoms with E-state index in [0.29, 0.717) is 6.04 Å². The topological polar surface area (TPSA) is 32.3 Å². The van der Waals surface area contributed by atoms with Crippen LogP contribution >= 0.6 is 0 Å². The normalized spacial score (nSPS) is 19.5. The summed E-state index contributed by atoms with van der Waals surface area (Å²) in [4.78, 5) is 14.3. The van der Waals surface area contributed by atoms with Crippen molar-refractivity contribution in [2.24, 2.45) is 0 Å². The van der Waals surface area contributed by atoms with Crippen molar-refractivity contribution in [2.45, 2.75) is 45.6 Å². The molecule has 3 nitrogen and oxygen atoms in total. The Morgan fingerprint density at radius 2 is 2.09 bits per heavy atom. The van der Waals surface area contributed by atoms with Crippen molar-refractivity contribution in [1.29, 1.82) is 0 Å². The molecule has 3 heteroatoms. The second-order valence-electron chi connectivity index (χ2n) is 6.27. The van der Waals surface area contributed by atoms with Gasteiger partial charge in [-0.15, -0.1) is 0 Å². The van der Waals surface area contributed by atoms with Crippen LogP contribution in [0.1, 0.15) is 43.7 Å². The molecule has 1 aromatic carbocycles. The minimum atomic E-state index is -0.00716. The predicted molar refractivity (Wildman–Crippen MR) is 92.7 cm³/mol. The van der Waals surface area contributed by atoms with Gasteiger partial charge in [0, 0.05) is 25.2 Å². The fourth-order valence-electron chi connectivity index (χ4n) is 2.89. The molecule has 0 bridgehead atoms. The highest BCUT2D eigenvalue weighted by molar-refractivity contribution is 5.91. The Morgan fingerprint density at radius 1 is 1.32 bits per heavy atom. The maximum Gasteiger partial charge on any atom is 0.243 e. The molecule has 0 aliphatic carbocycles. The van der Waals surface area contributed by atoms with Gasteiger partial charge < -0.3 is 10.2 Å². The van der Waals surface area contributed by atoms with Gasteiger partial charge in [-0.3, -0.25) is 4.79 Å². The SMILES string of the molecule is Cc1ccc(/C=C/C(=O)NCCCN2CCCC[C@@H]2C)cc1. The van der Waals surface area contributed by atoms with Gasteiger partial charge in [-0.2, -0.15) is 0 Å². The highest BCUT2D eigenvalue weighted by Gasteiger charge is 2.16. The van der Waals surface area contributed by atoms with E-state index < -0.39 is 0 Å². The number of nitrogens with one attached hydrogen (secondary N) is 1. The molecule has 0 saturated carbocycles. The fourth-order valence-corrected chi connectivity index (χ4v) is 2.89. The number of carbonyl (C=O) groups is 1. The summed E-state index contributed by atoms with van der Waals surface area (Å²) in [6, 6.07) is 8.86. The predicted octanol–water partition coefficient (Wildman–Crippen LogP) is 3.39. The van der Waals surface area contributed by atoms with Crippen molar-refractivity contribution in [3.8, 4) is 0 Å². The zero-order valence-electron chi connectivity index (χ0n) is 13.8. The van der Waals surface area contributed by atoms with Crippen LogP contribution in [0.15, 0.2) is 30.3 Å². The number of rotatable bonds is 6. The van der Waals surface area contributed by atoms with Crippen LogP contribution in [0.3, 0.4) is 0 Å². The van der Waals surface area contributed by atoms with Crippen LogP contribution in [-0.2, 0) is 4.79 Å². The van der Waals surface area contributed by atoms with Gasteiger partial charge in [0.05, 0.1) is 0 Å². The summed E-state index contributed by atoms with van der Waals surface area (Å²) in [7, 11) is 0. The van der Waals surface area contributed by atoms with E-state index in [1.165, 1.54) is 31.4 Å². The van der Waals surface area contributed by atoms with Gasteiger partial charge in [-0.05, 0) is 51.3 Å². The van der Waals surface area contributed by atoms with Crippen LogP contribution in [0, 0.1) is 6.92 Å². The highest BCUT2D eigenvalue weighted by atomic mass is 16.1.